The van der Waals surface area contributed by atoms with E-state index in [9.17, 15) is 13.6 Å². The summed E-state index contributed by atoms with van der Waals surface area (Å²) in [5.41, 5.74) is 1.20. The zero-order chi connectivity index (χ0) is 20.0. The van der Waals surface area contributed by atoms with Crippen LogP contribution in [-0.2, 0) is 0 Å². The number of benzene rings is 2. The highest BCUT2D eigenvalue weighted by molar-refractivity contribution is 5.94. The van der Waals surface area contributed by atoms with Gasteiger partial charge >= 0.3 is 0 Å². The van der Waals surface area contributed by atoms with E-state index in [-0.39, 0.29) is 23.1 Å². The lowest BCUT2D eigenvalue weighted by Gasteiger charge is -2.27. The number of ether oxygens (including phenoxy) is 1. The molecule has 0 bridgehead atoms. The van der Waals surface area contributed by atoms with Gasteiger partial charge in [0.2, 0.25) is 0 Å². The summed E-state index contributed by atoms with van der Waals surface area (Å²) in [5.74, 6) is -1.03. The van der Waals surface area contributed by atoms with Crippen molar-refractivity contribution < 1.29 is 18.3 Å². The maximum Gasteiger partial charge on any atom is 0.256 e. The molecule has 0 aliphatic carbocycles. The van der Waals surface area contributed by atoms with Crippen molar-refractivity contribution in [3.05, 3.63) is 64.7 Å². The molecule has 0 aromatic heterocycles. The van der Waals surface area contributed by atoms with Crippen LogP contribution in [0.2, 0.25) is 0 Å². The fourth-order valence-corrected chi connectivity index (χ4v) is 4.71. The Morgan fingerprint density at radius 3 is 2.43 bits per heavy atom. The lowest BCUT2D eigenvalue weighted by molar-refractivity contribution is 0.0762. The van der Waals surface area contributed by atoms with Gasteiger partial charge in [-0.25, -0.2) is 8.78 Å². The summed E-state index contributed by atoms with van der Waals surface area (Å²) in [4.78, 5) is 16.8. The Hall–Kier alpha value is -2.47. The number of likely N-dealkylation sites (tertiary alicyclic amines) is 2. The van der Waals surface area contributed by atoms with Gasteiger partial charge in [0, 0.05) is 31.6 Å². The summed E-state index contributed by atoms with van der Waals surface area (Å²) in [6.45, 7) is 3.47. The third kappa shape index (κ3) is 3.05. The Bertz CT molecular complexity index is 900. The summed E-state index contributed by atoms with van der Waals surface area (Å²) >= 11 is 0. The molecule has 2 aromatic carbocycles. The molecule has 2 aliphatic rings. The van der Waals surface area contributed by atoms with Gasteiger partial charge in [-0.3, -0.25) is 9.69 Å². The number of hydrogen-bond donors (Lipinski definition) is 0. The zero-order valence-electron chi connectivity index (χ0n) is 16.3. The highest BCUT2D eigenvalue weighted by atomic mass is 19.2. The van der Waals surface area contributed by atoms with E-state index in [1.54, 1.807) is 12.0 Å². The van der Waals surface area contributed by atoms with Gasteiger partial charge in [0.25, 0.3) is 5.91 Å². The fraction of sp³-hybridized carbons (Fsp3) is 0.409. The van der Waals surface area contributed by atoms with Gasteiger partial charge in [-0.05, 0) is 49.2 Å². The predicted octanol–water partition coefficient (Wildman–Crippen LogP) is 3.66. The van der Waals surface area contributed by atoms with Crippen LogP contribution in [0.25, 0.3) is 0 Å². The number of hydrogen-bond acceptors (Lipinski definition) is 3. The first-order valence-corrected chi connectivity index (χ1v) is 9.48. The minimum Gasteiger partial charge on any atom is -0.497 e. The van der Waals surface area contributed by atoms with E-state index in [4.69, 9.17) is 4.74 Å². The molecular formula is C22H24F2N2O2. The van der Waals surface area contributed by atoms with Gasteiger partial charge in [-0.15, -0.1) is 0 Å². The maximum atomic E-state index is 14.3. The summed E-state index contributed by atoms with van der Waals surface area (Å²) < 4.78 is 33.4. The molecule has 2 aliphatic heterocycles. The summed E-state index contributed by atoms with van der Waals surface area (Å²) in [6.07, 6.45) is 0. The number of nitrogens with zero attached hydrogens (tertiary/aromatic N) is 2. The van der Waals surface area contributed by atoms with Crippen molar-refractivity contribution in [3.8, 4) is 5.75 Å². The second kappa shape index (κ2) is 7.17. The largest absolute Gasteiger partial charge is 0.497 e. The number of amides is 1. The van der Waals surface area contributed by atoms with Gasteiger partial charge < -0.3 is 9.64 Å². The normalized spacial score (nSPS) is 24.5. The average Bonchev–Trinajstić information content (AvgIpc) is 3.22. The number of halogens is 2. The van der Waals surface area contributed by atoms with Crippen molar-refractivity contribution in [2.75, 3.05) is 33.8 Å². The predicted molar refractivity (Wildman–Crippen MR) is 102 cm³/mol. The molecule has 0 spiro atoms. The van der Waals surface area contributed by atoms with Gasteiger partial charge in [0.15, 0.2) is 11.6 Å². The van der Waals surface area contributed by atoms with Crippen LogP contribution in [0.4, 0.5) is 8.78 Å². The number of carbonyl (C=O) groups is 1. The van der Waals surface area contributed by atoms with E-state index in [2.05, 4.69) is 24.1 Å². The minimum absolute atomic E-state index is 0.183. The molecule has 4 nitrogen and oxygen atoms in total. The van der Waals surface area contributed by atoms with Crippen molar-refractivity contribution in [3.63, 3.8) is 0 Å². The summed E-state index contributed by atoms with van der Waals surface area (Å²) in [7, 11) is 3.73. The number of rotatable bonds is 3. The standard InChI is InChI=1S/C22H24F2N2O2/c1-13-4-9-17(20(24)19(13)23)22(27)26-11-15-10-25(2)21(18(15)12-26)14-5-7-16(28-3)8-6-14/h4-9,15,18,21H,10-12H2,1-3H3/t15-,18+,21+/m0/s1. The molecule has 2 fully saturated rings. The first kappa shape index (κ1) is 18.9. The second-order valence-electron chi connectivity index (χ2n) is 7.85. The second-order valence-corrected chi connectivity index (χ2v) is 7.85. The van der Waals surface area contributed by atoms with Crippen LogP contribution in [0.15, 0.2) is 36.4 Å². The Labute approximate surface area is 163 Å². The van der Waals surface area contributed by atoms with E-state index >= 15 is 0 Å². The summed E-state index contributed by atoms with van der Waals surface area (Å²) in [5, 5.41) is 0. The third-order valence-corrected chi connectivity index (χ3v) is 6.14. The lowest BCUT2D eigenvalue weighted by Crippen LogP contribution is -2.34. The molecule has 28 heavy (non-hydrogen) atoms. The minimum atomic E-state index is -1.05. The van der Waals surface area contributed by atoms with Gasteiger partial charge in [0.05, 0.1) is 12.7 Å². The van der Waals surface area contributed by atoms with Crippen LogP contribution >= 0.6 is 0 Å². The smallest absolute Gasteiger partial charge is 0.256 e. The molecule has 0 saturated carbocycles. The van der Waals surface area contributed by atoms with Gasteiger partial charge in [-0.2, -0.15) is 0 Å². The van der Waals surface area contributed by atoms with Crippen molar-refractivity contribution in [1.29, 1.82) is 0 Å². The van der Waals surface area contributed by atoms with E-state index < -0.39 is 17.5 Å². The van der Waals surface area contributed by atoms with E-state index in [1.165, 1.54) is 24.6 Å². The molecule has 2 heterocycles. The average molecular weight is 386 g/mol. The number of carbonyl (C=O) groups excluding carboxylic acids is 1. The van der Waals surface area contributed by atoms with Crippen molar-refractivity contribution in [2.24, 2.45) is 11.8 Å². The van der Waals surface area contributed by atoms with Crippen molar-refractivity contribution in [2.45, 2.75) is 13.0 Å². The molecule has 0 unspecified atom stereocenters. The van der Waals surface area contributed by atoms with Crippen LogP contribution < -0.4 is 4.74 Å². The molecule has 1 amide bonds. The van der Waals surface area contributed by atoms with E-state index in [0.29, 0.717) is 19.0 Å². The fourth-order valence-electron chi connectivity index (χ4n) is 4.71. The molecule has 6 heteroatoms. The van der Waals surface area contributed by atoms with Crippen LogP contribution in [0, 0.1) is 30.4 Å². The van der Waals surface area contributed by atoms with Crippen molar-refractivity contribution in [1.82, 2.24) is 9.80 Å². The Balaban J connectivity index is 1.56. The Kier molecular flexibility index (Phi) is 4.83. The molecule has 2 saturated heterocycles. The molecule has 3 atom stereocenters. The molecule has 2 aromatic rings. The lowest BCUT2D eigenvalue weighted by atomic mass is 9.89. The van der Waals surface area contributed by atoms with Crippen LogP contribution in [0.5, 0.6) is 5.75 Å². The maximum absolute atomic E-state index is 14.3. The van der Waals surface area contributed by atoms with E-state index in [1.807, 2.05) is 12.1 Å². The highest BCUT2D eigenvalue weighted by Crippen LogP contribution is 2.44. The number of methoxy groups -OCH3 is 1. The van der Waals surface area contributed by atoms with Crippen molar-refractivity contribution >= 4 is 5.91 Å². The molecular weight excluding hydrogens is 362 g/mol. The molecule has 4 rings (SSSR count). The number of aryl methyl sites for hydroxylation is 1. The zero-order valence-corrected chi connectivity index (χ0v) is 16.3. The van der Waals surface area contributed by atoms with Crippen LogP contribution in [-0.4, -0.2) is 49.5 Å². The van der Waals surface area contributed by atoms with Crippen LogP contribution in [0.3, 0.4) is 0 Å². The molecule has 148 valence electrons. The Morgan fingerprint density at radius 1 is 1.04 bits per heavy atom. The third-order valence-electron chi connectivity index (χ3n) is 6.14. The Morgan fingerprint density at radius 2 is 1.75 bits per heavy atom. The molecule has 0 radical (unpaired) electrons. The number of fused-ring (bicyclic) bond motifs is 1. The first-order valence-electron chi connectivity index (χ1n) is 9.48. The highest BCUT2D eigenvalue weighted by Gasteiger charge is 2.47. The van der Waals surface area contributed by atoms with Gasteiger partial charge in [0.1, 0.15) is 5.75 Å². The monoisotopic (exact) mass is 386 g/mol. The van der Waals surface area contributed by atoms with Gasteiger partial charge in [-0.1, -0.05) is 18.2 Å². The first-order chi connectivity index (χ1) is 13.4. The molecule has 0 N–H and O–H groups in total. The topological polar surface area (TPSA) is 32.8 Å². The SMILES string of the molecule is COc1ccc([C@@H]2[C@@H]3CN(C(=O)c4ccc(C)c(F)c4F)C[C@@H]3CN2C)cc1. The quantitative estimate of drug-likeness (QED) is 0.807. The van der Waals surface area contributed by atoms with E-state index in [0.717, 1.165) is 12.3 Å². The van der Waals surface area contributed by atoms with Crippen LogP contribution in [0.1, 0.15) is 27.5 Å². The summed E-state index contributed by atoms with van der Waals surface area (Å²) in [6, 6.07) is 11.0.